The Balaban J connectivity index is 2.64. The first kappa shape index (κ1) is 12.1. The number of hydrogen-bond acceptors (Lipinski definition) is 1. The van der Waals surface area contributed by atoms with Crippen LogP contribution in [0.3, 0.4) is 0 Å². The van der Waals surface area contributed by atoms with Crippen LogP contribution in [0.2, 0.25) is 10.0 Å². The van der Waals surface area contributed by atoms with E-state index in [2.05, 4.69) is 0 Å². The first-order valence-electron chi connectivity index (χ1n) is 4.62. The lowest BCUT2D eigenvalue weighted by Crippen LogP contribution is -1.86. The van der Waals surface area contributed by atoms with Gasteiger partial charge < -0.3 is 5.11 Å². The van der Waals surface area contributed by atoms with Crippen LogP contribution in [0.4, 0.5) is 8.78 Å². The van der Waals surface area contributed by atoms with E-state index in [1.165, 1.54) is 18.2 Å². The standard InChI is InChI=1S/C12H6Cl2F2O/c13-7-4-8(12(17)9(14)5-7)6-1-2-10(15)11(16)3-6/h1-5,17H. The van der Waals surface area contributed by atoms with Gasteiger partial charge in [-0.25, -0.2) is 8.78 Å². The molecule has 0 amide bonds. The van der Waals surface area contributed by atoms with Crippen LogP contribution < -0.4 is 0 Å². The van der Waals surface area contributed by atoms with E-state index in [1.807, 2.05) is 0 Å². The van der Waals surface area contributed by atoms with Crippen LogP contribution in [-0.2, 0) is 0 Å². The van der Waals surface area contributed by atoms with Crippen LogP contribution in [0.25, 0.3) is 11.1 Å². The van der Waals surface area contributed by atoms with Crippen LogP contribution in [0.5, 0.6) is 5.75 Å². The summed E-state index contributed by atoms with van der Waals surface area (Å²) in [6.07, 6.45) is 0. The van der Waals surface area contributed by atoms with E-state index in [4.69, 9.17) is 23.2 Å². The molecule has 0 bridgehead atoms. The summed E-state index contributed by atoms with van der Waals surface area (Å²) in [5, 5.41) is 10.1. The third-order valence-electron chi connectivity index (χ3n) is 2.26. The average molecular weight is 275 g/mol. The fourth-order valence-electron chi connectivity index (χ4n) is 1.45. The van der Waals surface area contributed by atoms with E-state index < -0.39 is 11.6 Å². The Morgan fingerprint density at radius 3 is 2.29 bits per heavy atom. The summed E-state index contributed by atoms with van der Waals surface area (Å²) in [5.41, 5.74) is 0.548. The van der Waals surface area contributed by atoms with Gasteiger partial charge in [-0.15, -0.1) is 0 Å². The Kier molecular flexibility index (Phi) is 3.22. The summed E-state index contributed by atoms with van der Waals surface area (Å²) in [6, 6.07) is 6.06. The molecule has 0 aliphatic heterocycles. The second-order valence-corrected chi connectivity index (χ2v) is 4.26. The zero-order chi connectivity index (χ0) is 12.6. The Labute approximate surface area is 106 Å². The minimum atomic E-state index is -1.00. The van der Waals surface area contributed by atoms with Crippen LogP contribution >= 0.6 is 23.2 Å². The molecule has 88 valence electrons. The zero-order valence-corrected chi connectivity index (χ0v) is 9.86. The van der Waals surface area contributed by atoms with Gasteiger partial charge in [-0.05, 0) is 29.8 Å². The lowest BCUT2D eigenvalue weighted by molar-refractivity contribution is 0.477. The van der Waals surface area contributed by atoms with Gasteiger partial charge in [0.1, 0.15) is 5.75 Å². The molecule has 0 spiro atoms. The van der Waals surface area contributed by atoms with Gasteiger partial charge in [0, 0.05) is 10.6 Å². The lowest BCUT2D eigenvalue weighted by Gasteiger charge is -2.07. The molecule has 0 heterocycles. The van der Waals surface area contributed by atoms with Gasteiger partial charge in [0.05, 0.1) is 5.02 Å². The molecule has 0 fully saturated rings. The summed E-state index contributed by atoms with van der Waals surface area (Å²) in [7, 11) is 0. The SMILES string of the molecule is Oc1c(Cl)cc(Cl)cc1-c1ccc(F)c(F)c1. The van der Waals surface area contributed by atoms with Gasteiger partial charge >= 0.3 is 0 Å². The van der Waals surface area contributed by atoms with Crippen molar-refractivity contribution in [2.75, 3.05) is 0 Å². The predicted octanol–water partition coefficient (Wildman–Crippen LogP) is 4.64. The number of phenols is 1. The quantitative estimate of drug-likeness (QED) is 0.803. The molecular formula is C12H6Cl2F2O. The highest BCUT2D eigenvalue weighted by atomic mass is 35.5. The molecule has 2 aromatic rings. The van der Waals surface area contributed by atoms with Crippen molar-refractivity contribution in [3.05, 3.63) is 52.0 Å². The van der Waals surface area contributed by atoms with E-state index >= 15 is 0 Å². The third-order valence-corrected chi connectivity index (χ3v) is 2.77. The maximum atomic E-state index is 13.1. The Morgan fingerprint density at radius 1 is 0.941 bits per heavy atom. The molecule has 2 rings (SSSR count). The highest BCUT2D eigenvalue weighted by Crippen LogP contribution is 2.38. The van der Waals surface area contributed by atoms with Crippen LogP contribution in [-0.4, -0.2) is 5.11 Å². The Bertz CT molecular complexity index is 585. The summed E-state index contributed by atoms with van der Waals surface area (Å²) >= 11 is 11.5. The van der Waals surface area contributed by atoms with Gasteiger partial charge in [-0.2, -0.15) is 0 Å². The molecule has 0 saturated heterocycles. The molecule has 2 aromatic carbocycles. The molecule has 5 heteroatoms. The highest BCUT2D eigenvalue weighted by molar-refractivity contribution is 6.36. The summed E-state index contributed by atoms with van der Waals surface area (Å²) in [6.45, 7) is 0. The largest absolute Gasteiger partial charge is 0.506 e. The highest BCUT2D eigenvalue weighted by Gasteiger charge is 2.12. The Hall–Kier alpha value is -1.32. The van der Waals surface area contributed by atoms with Crippen molar-refractivity contribution in [1.29, 1.82) is 0 Å². The summed E-state index contributed by atoms with van der Waals surface area (Å²) in [5.74, 6) is -2.18. The van der Waals surface area contributed by atoms with Gasteiger partial charge in [0.2, 0.25) is 0 Å². The maximum Gasteiger partial charge on any atom is 0.159 e. The van der Waals surface area contributed by atoms with E-state index in [0.29, 0.717) is 10.6 Å². The molecule has 0 radical (unpaired) electrons. The Morgan fingerprint density at radius 2 is 1.65 bits per heavy atom. The van der Waals surface area contributed by atoms with E-state index in [9.17, 15) is 13.9 Å². The van der Waals surface area contributed by atoms with Crippen LogP contribution in [0.1, 0.15) is 0 Å². The minimum Gasteiger partial charge on any atom is -0.506 e. The smallest absolute Gasteiger partial charge is 0.159 e. The fraction of sp³-hybridized carbons (Fsp3) is 0. The number of benzene rings is 2. The molecule has 0 saturated carbocycles. The number of aromatic hydroxyl groups is 1. The second-order valence-electron chi connectivity index (χ2n) is 3.41. The van der Waals surface area contributed by atoms with Crippen molar-refractivity contribution in [2.24, 2.45) is 0 Å². The molecule has 0 atom stereocenters. The normalized spacial score (nSPS) is 10.6. The topological polar surface area (TPSA) is 20.2 Å². The van der Waals surface area contributed by atoms with Crippen molar-refractivity contribution in [3.63, 3.8) is 0 Å². The maximum absolute atomic E-state index is 13.1. The molecule has 0 aliphatic carbocycles. The molecule has 1 nitrogen and oxygen atoms in total. The number of hydrogen-bond donors (Lipinski definition) is 1. The first-order chi connectivity index (χ1) is 7.99. The van der Waals surface area contributed by atoms with E-state index in [0.717, 1.165) is 12.1 Å². The third kappa shape index (κ3) is 2.35. The lowest BCUT2D eigenvalue weighted by atomic mass is 10.0. The van der Waals surface area contributed by atoms with E-state index in [1.54, 1.807) is 0 Å². The van der Waals surface area contributed by atoms with Crippen molar-refractivity contribution in [1.82, 2.24) is 0 Å². The van der Waals surface area contributed by atoms with E-state index in [-0.39, 0.29) is 16.3 Å². The molecule has 0 unspecified atom stereocenters. The minimum absolute atomic E-state index is 0.0530. The summed E-state index contributed by atoms with van der Waals surface area (Å²) < 4.78 is 25.9. The van der Waals surface area contributed by atoms with Gasteiger partial charge in [-0.3, -0.25) is 0 Å². The van der Waals surface area contributed by atoms with Gasteiger partial charge in [0.25, 0.3) is 0 Å². The van der Waals surface area contributed by atoms with Gasteiger partial charge in [-0.1, -0.05) is 29.3 Å². The molecule has 0 aromatic heterocycles. The fourth-order valence-corrected chi connectivity index (χ4v) is 1.94. The van der Waals surface area contributed by atoms with Crippen molar-refractivity contribution in [3.8, 4) is 16.9 Å². The number of rotatable bonds is 1. The zero-order valence-electron chi connectivity index (χ0n) is 8.35. The van der Waals surface area contributed by atoms with Gasteiger partial charge in [0.15, 0.2) is 11.6 Å². The molecule has 0 aliphatic rings. The van der Waals surface area contributed by atoms with Crippen LogP contribution in [0, 0.1) is 11.6 Å². The monoisotopic (exact) mass is 274 g/mol. The van der Waals surface area contributed by atoms with Crippen molar-refractivity contribution < 1.29 is 13.9 Å². The van der Waals surface area contributed by atoms with Crippen molar-refractivity contribution in [2.45, 2.75) is 0 Å². The molecular weight excluding hydrogens is 269 g/mol. The average Bonchev–Trinajstić information content (AvgIpc) is 2.27. The second kappa shape index (κ2) is 4.51. The number of phenolic OH excluding ortho intramolecular Hbond substituents is 1. The van der Waals surface area contributed by atoms with Crippen LogP contribution in [0.15, 0.2) is 30.3 Å². The molecule has 17 heavy (non-hydrogen) atoms. The summed E-state index contributed by atoms with van der Waals surface area (Å²) in [4.78, 5) is 0. The van der Waals surface area contributed by atoms with Crippen molar-refractivity contribution >= 4 is 23.2 Å². The predicted molar refractivity (Wildman–Crippen MR) is 63.5 cm³/mol. The number of halogens is 4. The first-order valence-corrected chi connectivity index (χ1v) is 5.38. The molecule has 1 N–H and O–H groups in total.